The average Bonchev–Trinajstić information content (AvgIpc) is 2.56. The summed E-state index contributed by atoms with van der Waals surface area (Å²) in [6, 6.07) is 4.57. The summed E-state index contributed by atoms with van der Waals surface area (Å²) in [7, 11) is 0. The van der Waals surface area contributed by atoms with Crippen LogP contribution in [0.5, 0.6) is 0 Å². The molecule has 0 spiro atoms. The molecule has 1 saturated carbocycles. The van der Waals surface area contributed by atoms with Gasteiger partial charge >= 0.3 is 11.9 Å². The molecule has 4 atom stereocenters. The Morgan fingerprint density at radius 1 is 1.15 bits per heavy atom. The fraction of sp³-hybridized carbons (Fsp3) is 0.526. The highest BCUT2D eigenvalue weighted by Crippen LogP contribution is 2.47. The minimum absolute atomic E-state index is 0.0805. The van der Waals surface area contributed by atoms with E-state index in [9.17, 15) is 19.5 Å². The van der Waals surface area contributed by atoms with Crippen molar-refractivity contribution in [2.45, 2.75) is 38.7 Å². The van der Waals surface area contributed by atoms with Gasteiger partial charge in [-0.3, -0.25) is 14.4 Å². The Hall–Kier alpha value is -1.63. The summed E-state index contributed by atoms with van der Waals surface area (Å²) in [5.74, 6) is -5.34. The van der Waals surface area contributed by atoms with E-state index >= 15 is 0 Å². The predicted molar refractivity (Wildman–Crippen MR) is 99.7 cm³/mol. The quantitative estimate of drug-likeness (QED) is 0.585. The van der Waals surface area contributed by atoms with E-state index in [2.05, 4.69) is 0 Å². The lowest BCUT2D eigenvalue weighted by Gasteiger charge is -2.43. The Morgan fingerprint density at radius 3 is 2.30 bits per heavy atom. The molecule has 0 heterocycles. The van der Waals surface area contributed by atoms with Crippen molar-refractivity contribution in [1.82, 2.24) is 0 Å². The summed E-state index contributed by atoms with van der Waals surface area (Å²) in [6.07, 6.45) is -0.363. The van der Waals surface area contributed by atoms with Crippen LogP contribution in [0.2, 0.25) is 10.0 Å². The molecule has 1 aliphatic carbocycles. The van der Waals surface area contributed by atoms with E-state index in [1.807, 2.05) is 0 Å². The van der Waals surface area contributed by atoms with Crippen molar-refractivity contribution in [3.63, 3.8) is 0 Å². The van der Waals surface area contributed by atoms with E-state index < -0.39 is 41.1 Å². The van der Waals surface area contributed by atoms with Gasteiger partial charge in [-0.2, -0.15) is 0 Å². The van der Waals surface area contributed by atoms with Crippen molar-refractivity contribution < 1.29 is 29.0 Å². The third kappa shape index (κ3) is 4.45. The number of aliphatic hydroxyl groups is 1. The van der Waals surface area contributed by atoms with Gasteiger partial charge in [0.25, 0.3) is 0 Å². The molecule has 1 N–H and O–H groups in total. The van der Waals surface area contributed by atoms with Crippen molar-refractivity contribution in [2.24, 2.45) is 11.8 Å². The normalized spacial score (nSPS) is 27.9. The summed E-state index contributed by atoms with van der Waals surface area (Å²) in [5.41, 5.74) is -1.27. The van der Waals surface area contributed by atoms with E-state index in [-0.39, 0.29) is 29.7 Å². The summed E-state index contributed by atoms with van der Waals surface area (Å²) in [4.78, 5) is 37.9. The van der Waals surface area contributed by atoms with Gasteiger partial charge in [0, 0.05) is 12.3 Å². The second-order valence-corrected chi connectivity index (χ2v) is 7.47. The molecule has 1 aromatic carbocycles. The molecule has 0 unspecified atom stereocenters. The Labute approximate surface area is 167 Å². The number of carbonyl (C=O) groups is 3. The first-order valence-corrected chi connectivity index (χ1v) is 9.42. The number of hydrogen-bond donors (Lipinski definition) is 1. The molecule has 1 aliphatic rings. The number of halogens is 2. The second-order valence-electron chi connectivity index (χ2n) is 6.66. The maximum Gasteiger partial charge on any atom is 0.317 e. The van der Waals surface area contributed by atoms with Gasteiger partial charge in [-0.15, -0.1) is 0 Å². The summed E-state index contributed by atoms with van der Waals surface area (Å²) in [5, 5.41) is 11.3. The molecule has 0 bridgehead atoms. The van der Waals surface area contributed by atoms with E-state index in [4.69, 9.17) is 32.7 Å². The first-order valence-electron chi connectivity index (χ1n) is 8.67. The maximum atomic E-state index is 12.7. The molecular weight excluding hydrogens is 395 g/mol. The Balaban J connectivity index is 2.64. The van der Waals surface area contributed by atoms with Crippen molar-refractivity contribution in [2.75, 3.05) is 13.2 Å². The highest BCUT2D eigenvalue weighted by Gasteiger charge is 2.57. The molecular formula is C19H22Cl2O6. The molecule has 1 aromatic rings. The van der Waals surface area contributed by atoms with Gasteiger partial charge < -0.3 is 14.6 Å². The number of carbonyl (C=O) groups excluding carboxylic acids is 3. The third-order valence-corrected chi connectivity index (χ3v) is 5.42. The van der Waals surface area contributed by atoms with Crippen LogP contribution in [0.3, 0.4) is 0 Å². The van der Waals surface area contributed by atoms with E-state index in [0.29, 0.717) is 5.56 Å². The van der Waals surface area contributed by atoms with Crippen LogP contribution in [0.25, 0.3) is 0 Å². The fourth-order valence-electron chi connectivity index (χ4n) is 3.60. The van der Waals surface area contributed by atoms with Crippen LogP contribution in [0, 0.1) is 11.8 Å². The molecule has 27 heavy (non-hydrogen) atoms. The van der Waals surface area contributed by atoms with Crippen LogP contribution < -0.4 is 0 Å². The predicted octanol–water partition coefficient (Wildman–Crippen LogP) is 3.16. The number of ketones is 1. The zero-order valence-corrected chi connectivity index (χ0v) is 16.8. The SMILES string of the molecule is CCOC(=O)[C@H]1C(=O)C[C@](C)(O)[C@@H](C(=O)OCC)[C@@H]1c1ccc(Cl)c(Cl)c1. The van der Waals surface area contributed by atoms with Gasteiger partial charge in [0.15, 0.2) is 5.78 Å². The number of hydrogen-bond acceptors (Lipinski definition) is 6. The molecule has 0 aromatic heterocycles. The highest BCUT2D eigenvalue weighted by atomic mass is 35.5. The summed E-state index contributed by atoms with van der Waals surface area (Å²) >= 11 is 12.1. The fourth-order valence-corrected chi connectivity index (χ4v) is 3.91. The summed E-state index contributed by atoms with van der Waals surface area (Å²) in [6.45, 7) is 4.82. The van der Waals surface area contributed by atoms with E-state index in [1.54, 1.807) is 19.9 Å². The first kappa shape index (κ1) is 21.7. The molecule has 0 radical (unpaired) electrons. The Kier molecular flexibility index (Phi) is 6.89. The number of benzene rings is 1. The minimum Gasteiger partial charge on any atom is -0.466 e. The lowest BCUT2D eigenvalue weighted by molar-refractivity contribution is -0.172. The number of ether oxygens (including phenoxy) is 2. The van der Waals surface area contributed by atoms with Crippen molar-refractivity contribution in [3.8, 4) is 0 Å². The Bertz CT molecular complexity index is 746. The minimum atomic E-state index is -1.69. The molecule has 0 aliphatic heterocycles. The number of rotatable bonds is 5. The van der Waals surface area contributed by atoms with Crippen LogP contribution in [0.15, 0.2) is 18.2 Å². The highest BCUT2D eigenvalue weighted by molar-refractivity contribution is 6.42. The van der Waals surface area contributed by atoms with Crippen molar-refractivity contribution in [3.05, 3.63) is 33.8 Å². The lowest BCUT2D eigenvalue weighted by Crippen LogP contribution is -2.55. The van der Waals surface area contributed by atoms with Crippen LogP contribution in [-0.2, 0) is 23.9 Å². The maximum absolute atomic E-state index is 12.7. The van der Waals surface area contributed by atoms with Crippen LogP contribution in [0.1, 0.15) is 38.7 Å². The topological polar surface area (TPSA) is 89.9 Å². The van der Waals surface area contributed by atoms with E-state index in [0.717, 1.165) is 0 Å². The zero-order chi connectivity index (χ0) is 20.4. The molecule has 0 amide bonds. The molecule has 8 heteroatoms. The lowest BCUT2D eigenvalue weighted by atomic mass is 9.62. The average molecular weight is 417 g/mol. The number of esters is 2. The van der Waals surface area contributed by atoms with Crippen LogP contribution in [-0.4, -0.2) is 41.6 Å². The molecule has 2 rings (SSSR count). The van der Waals surface area contributed by atoms with Gasteiger partial charge in [0.1, 0.15) is 5.92 Å². The molecule has 1 fully saturated rings. The third-order valence-electron chi connectivity index (χ3n) is 4.68. The van der Waals surface area contributed by atoms with Crippen molar-refractivity contribution in [1.29, 1.82) is 0 Å². The van der Waals surface area contributed by atoms with Gasteiger partial charge in [0.05, 0.1) is 34.8 Å². The first-order chi connectivity index (χ1) is 12.6. The van der Waals surface area contributed by atoms with Crippen molar-refractivity contribution >= 4 is 40.9 Å². The van der Waals surface area contributed by atoms with Gasteiger partial charge in [-0.05, 0) is 38.5 Å². The smallest absolute Gasteiger partial charge is 0.317 e. The number of Topliss-reactive ketones (excluding diaryl/α,β-unsaturated/α-hetero) is 1. The Morgan fingerprint density at radius 2 is 1.74 bits per heavy atom. The molecule has 0 saturated heterocycles. The molecule has 6 nitrogen and oxygen atoms in total. The van der Waals surface area contributed by atoms with Gasteiger partial charge in [0.2, 0.25) is 0 Å². The largest absolute Gasteiger partial charge is 0.466 e. The zero-order valence-electron chi connectivity index (χ0n) is 15.3. The van der Waals surface area contributed by atoms with Gasteiger partial charge in [-0.1, -0.05) is 29.3 Å². The molecule has 148 valence electrons. The van der Waals surface area contributed by atoms with E-state index in [1.165, 1.54) is 19.1 Å². The second kappa shape index (κ2) is 8.59. The van der Waals surface area contributed by atoms with Crippen LogP contribution in [0.4, 0.5) is 0 Å². The standard InChI is InChI=1S/C19H22Cl2O6/c1-4-26-17(23)15-13(22)9-19(3,25)16(18(24)27-5-2)14(15)10-6-7-11(20)12(21)8-10/h6-8,14-16,25H,4-5,9H2,1-3H3/t14-,15+,16-,19+/m1/s1. The van der Waals surface area contributed by atoms with Gasteiger partial charge in [-0.25, -0.2) is 0 Å². The van der Waals surface area contributed by atoms with Crippen LogP contribution >= 0.6 is 23.2 Å². The summed E-state index contributed by atoms with van der Waals surface area (Å²) < 4.78 is 10.2. The monoisotopic (exact) mass is 416 g/mol.